The first-order chi connectivity index (χ1) is 16.0. The lowest BCUT2D eigenvalue weighted by Crippen LogP contribution is -2.15. The lowest BCUT2D eigenvalue weighted by molar-refractivity contribution is 0.100. The summed E-state index contributed by atoms with van der Waals surface area (Å²) in [5.74, 6) is -0.0746. The molecule has 1 amide bonds. The molecular weight excluding hydrogens is 422 g/mol. The standard InChI is InChI=1S/C22H19N9O2/c1-13-9-14(10-15(11-23)19(13)30-33)12-25-21-18(20(24)32)22(29-28-21)27-16-3-5-17(6-4-16)31-8-2-7-26-31/h2-10H,12H2,1H3,(H2,24,32)(H3,25,27,28,29). The number of H-pyrrole nitrogens is 1. The van der Waals surface area contributed by atoms with E-state index in [-0.39, 0.29) is 29.2 Å². The highest BCUT2D eigenvalue weighted by molar-refractivity contribution is 6.03. The molecule has 0 aliphatic heterocycles. The van der Waals surface area contributed by atoms with Crippen molar-refractivity contribution in [2.75, 3.05) is 10.6 Å². The van der Waals surface area contributed by atoms with E-state index in [0.29, 0.717) is 11.4 Å². The van der Waals surface area contributed by atoms with Crippen molar-refractivity contribution in [3.63, 3.8) is 0 Å². The molecule has 0 spiro atoms. The number of anilines is 3. The minimum atomic E-state index is -0.670. The van der Waals surface area contributed by atoms with Crippen LogP contribution < -0.4 is 16.4 Å². The van der Waals surface area contributed by atoms with E-state index < -0.39 is 5.91 Å². The Morgan fingerprint density at radius 3 is 2.73 bits per heavy atom. The SMILES string of the molecule is Cc1cc(CNc2n[nH]c(Nc3ccc(-n4cccn4)cc3)c2C(N)=O)cc(C#N)c1N=O. The Hall–Kier alpha value is -4.98. The Morgan fingerprint density at radius 2 is 2.09 bits per heavy atom. The molecule has 33 heavy (non-hydrogen) atoms. The molecule has 0 saturated carbocycles. The molecule has 0 aliphatic carbocycles. The Labute approximate surface area is 188 Å². The lowest BCUT2D eigenvalue weighted by atomic mass is 10.0. The van der Waals surface area contributed by atoms with Crippen LogP contribution in [0.3, 0.4) is 0 Å². The van der Waals surface area contributed by atoms with Crippen LogP contribution in [-0.2, 0) is 6.54 Å². The second kappa shape index (κ2) is 9.03. The van der Waals surface area contributed by atoms with Crippen molar-refractivity contribution in [3.05, 3.63) is 82.0 Å². The molecular formula is C22H19N9O2. The van der Waals surface area contributed by atoms with E-state index in [1.54, 1.807) is 29.9 Å². The van der Waals surface area contributed by atoms with E-state index in [9.17, 15) is 15.0 Å². The Balaban J connectivity index is 1.53. The highest BCUT2D eigenvalue weighted by Gasteiger charge is 2.19. The van der Waals surface area contributed by atoms with Crippen LogP contribution in [0.5, 0.6) is 0 Å². The molecule has 4 aromatic rings. The average Bonchev–Trinajstić information content (AvgIpc) is 3.48. The van der Waals surface area contributed by atoms with Gasteiger partial charge in [0.25, 0.3) is 5.91 Å². The van der Waals surface area contributed by atoms with Gasteiger partial charge < -0.3 is 16.4 Å². The number of rotatable bonds is 8. The summed E-state index contributed by atoms with van der Waals surface area (Å²) >= 11 is 0. The summed E-state index contributed by atoms with van der Waals surface area (Å²) in [5.41, 5.74) is 8.96. The zero-order valence-corrected chi connectivity index (χ0v) is 17.5. The second-order valence-corrected chi connectivity index (χ2v) is 7.17. The number of hydrogen-bond acceptors (Lipinski definition) is 8. The van der Waals surface area contributed by atoms with Gasteiger partial charge in [-0.2, -0.15) is 15.5 Å². The third kappa shape index (κ3) is 4.40. The van der Waals surface area contributed by atoms with Gasteiger partial charge in [0.05, 0.1) is 11.3 Å². The highest BCUT2D eigenvalue weighted by atomic mass is 16.3. The van der Waals surface area contributed by atoms with Crippen LogP contribution >= 0.6 is 0 Å². The first-order valence-corrected chi connectivity index (χ1v) is 9.86. The van der Waals surface area contributed by atoms with Gasteiger partial charge in [0, 0.05) is 24.6 Å². The third-order valence-corrected chi connectivity index (χ3v) is 4.95. The number of aromatic amines is 1. The minimum Gasteiger partial charge on any atom is -0.365 e. The van der Waals surface area contributed by atoms with Gasteiger partial charge in [0.1, 0.15) is 23.1 Å². The van der Waals surface area contributed by atoms with E-state index in [0.717, 1.165) is 16.9 Å². The Bertz CT molecular complexity index is 1350. The maximum Gasteiger partial charge on any atom is 0.256 e. The quantitative estimate of drug-likeness (QED) is 0.303. The number of nitrogens with zero attached hydrogens (tertiary/aromatic N) is 5. The number of carbonyl (C=O) groups is 1. The van der Waals surface area contributed by atoms with Crippen LogP contribution in [0.15, 0.2) is 60.0 Å². The fraction of sp³-hybridized carbons (Fsp3) is 0.0909. The number of aromatic nitrogens is 4. The first kappa shape index (κ1) is 21.3. The molecule has 11 nitrogen and oxygen atoms in total. The minimum absolute atomic E-state index is 0.115. The fourth-order valence-electron chi connectivity index (χ4n) is 3.41. The van der Waals surface area contributed by atoms with E-state index in [1.807, 2.05) is 42.6 Å². The van der Waals surface area contributed by atoms with Crippen molar-refractivity contribution >= 4 is 28.9 Å². The molecule has 4 rings (SSSR count). The van der Waals surface area contributed by atoms with Crippen LogP contribution in [-0.4, -0.2) is 25.9 Å². The van der Waals surface area contributed by atoms with Gasteiger partial charge in [0.2, 0.25) is 0 Å². The van der Waals surface area contributed by atoms with E-state index >= 15 is 0 Å². The molecule has 5 N–H and O–H groups in total. The van der Waals surface area contributed by atoms with Gasteiger partial charge in [-0.05, 0) is 59.6 Å². The predicted octanol–water partition coefficient (Wildman–Crippen LogP) is 3.63. The van der Waals surface area contributed by atoms with E-state index in [4.69, 9.17) is 5.73 Å². The number of hydrogen-bond donors (Lipinski definition) is 4. The molecule has 0 radical (unpaired) electrons. The molecule has 0 unspecified atom stereocenters. The lowest BCUT2D eigenvalue weighted by Gasteiger charge is -2.09. The summed E-state index contributed by atoms with van der Waals surface area (Å²) in [5, 5.41) is 29.5. The number of amides is 1. The van der Waals surface area contributed by atoms with Crippen LogP contribution in [0.2, 0.25) is 0 Å². The van der Waals surface area contributed by atoms with Crippen LogP contribution in [0.1, 0.15) is 27.0 Å². The van der Waals surface area contributed by atoms with Crippen molar-refractivity contribution < 1.29 is 4.79 Å². The van der Waals surface area contributed by atoms with Crippen LogP contribution in [0, 0.1) is 23.2 Å². The predicted molar refractivity (Wildman–Crippen MR) is 123 cm³/mol. The third-order valence-electron chi connectivity index (χ3n) is 4.95. The molecule has 0 atom stereocenters. The summed E-state index contributed by atoms with van der Waals surface area (Å²) < 4.78 is 1.73. The van der Waals surface area contributed by atoms with Gasteiger partial charge in [-0.15, -0.1) is 4.91 Å². The molecule has 11 heteroatoms. The maximum absolute atomic E-state index is 12.1. The van der Waals surface area contributed by atoms with Crippen molar-refractivity contribution in [1.82, 2.24) is 20.0 Å². The Morgan fingerprint density at radius 1 is 1.30 bits per heavy atom. The molecule has 2 aromatic heterocycles. The van der Waals surface area contributed by atoms with Crippen molar-refractivity contribution in [2.45, 2.75) is 13.5 Å². The van der Waals surface area contributed by atoms with Crippen LogP contribution in [0.25, 0.3) is 5.69 Å². The number of primary amides is 1. The largest absolute Gasteiger partial charge is 0.365 e. The van der Waals surface area contributed by atoms with Crippen molar-refractivity contribution in [2.24, 2.45) is 10.9 Å². The number of aryl methyl sites for hydroxylation is 1. The number of nitrogens with two attached hydrogens (primary N) is 1. The van der Waals surface area contributed by atoms with Gasteiger partial charge in [-0.3, -0.25) is 9.89 Å². The summed E-state index contributed by atoms with van der Waals surface area (Å²) in [7, 11) is 0. The number of nitrogens with one attached hydrogen (secondary N) is 3. The number of carbonyl (C=O) groups excluding carboxylic acids is 1. The van der Waals surface area contributed by atoms with Gasteiger partial charge >= 0.3 is 0 Å². The number of benzene rings is 2. The van der Waals surface area contributed by atoms with E-state index in [2.05, 4.69) is 31.1 Å². The molecule has 0 saturated heterocycles. The Kier molecular flexibility index (Phi) is 5.81. The maximum atomic E-state index is 12.1. The van der Waals surface area contributed by atoms with Crippen molar-refractivity contribution in [3.8, 4) is 11.8 Å². The first-order valence-electron chi connectivity index (χ1n) is 9.86. The van der Waals surface area contributed by atoms with Gasteiger partial charge in [-0.25, -0.2) is 4.68 Å². The van der Waals surface area contributed by atoms with E-state index in [1.165, 1.54) is 0 Å². The summed E-state index contributed by atoms with van der Waals surface area (Å²) in [6, 6.07) is 14.5. The fourth-order valence-corrected chi connectivity index (χ4v) is 3.41. The topological polar surface area (TPSA) is 167 Å². The second-order valence-electron chi connectivity index (χ2n) is 7.17. The molecule has 164 valence electrons. The summed E-state index contributed by atoms with van der Waals surface area (Å²) in [4.78, 5) is 23.1. The zero-order valence-electron chi connectivity index (χ0n) is 17.5. The molecule has 2 aromatic carbocycles. The highest BCUT2D eigenvalue weighted by Crippen LogP contribution is 2.27. The summed E-state index contributed by atoms with van der Waals surface area (Å²) in [6.07, 6.45) is 3.53. The average molecular weight is 441 g/mol. The van der Waals surface area contributed by atoms with Crippen LogP contribution in [0.4, 0.5) is 23.0 Å². The molecule has 0 bridgehead atoms. The van der Waals surface area contributed by atoms with Gasteiger partial charge in [-0.1, -0.05) is 6.07 Å². The van der Waals surface area contributed by atoms with Gasteiger partial charge in [0.15, 0.2) is 5.82 Å². The number of nitriles is 1. The summed E-state index contributed by atoms with van der Waals surface area (Å²) in [6.45, 7) is 1.95. The smallest absolute Gasteiger partial charge is 0.256 e. The molecule has 0 fully saturated rings. The monoisotopic (exact) mass is 441 g/mol. The number of nitroso groups, excluding NO2 is 1. The zero-order chi connectivity index (χ0) is 23.4. The van der Waals surface area contributed by atoms with Crippen molar-refractivity contribution in [1.29, 1.82) is 5.26 Å². The molecule has 0 aliphatic rings. The molecule has 2 heterocycles. The normalized spacial score (nSPS) is 10.4.